The second-order valence-corrected chi connectivity index (χ2v) is 7.04. The summed E-state index contributed by atoms with van der Waals surface area (Å²) >= 11 is 12.2. The number of carbonyl (C=O) groups excluding carboxylic acids is 1. The summed E-state index contributed by atoms with van der Waals surface area (Å²) in [5.74, 6) is -0.505. The van der Waals surface area contributed by atoms with Crippen LogP contribution in [0, 0.1) is 24.0 Å². The Morgan fingerprint density at radius 2 is 1.86 bits per heavy atom. The molecule has 1 heterocycles. The van der Waals surface area contributed by atoms with Gasteiger partial charge in [-0.25, -0.2) is 4.68 Å². The lowest BCUT2D eigenvalue weighted by Crippen LogP contribution is -2.13. The molecule has 0 saturated heterocycles. The molecule has 3 rings (SSSR count). The van der Waals surface area contributed by atoms with Crippen molar-refractivity contribution in [3.8, 4) is 0 Å². The first-order valence-corrected chi connectivity index (χ1v) is 9.05. The Labute approximate surface area is 171 Å². The molecule has 0 spiro atoms. The molecule has 0 aliphatic rings. The minimum Gasteiger partial charge on any atom is -0.322 e. The molecule has 7 nitrogen and oxygen atoms in total. The molecule has 1 aromatic heterocycles. The lowest BCUT2D eigenvalue weighted by Gasteiger charge is -2.07. The molecular weight excluding hydrogens is 403 g/mol. The highest BCUT2D eigenvalue weighted by Crippen LogP contribution is 2.28. The second-order valence-electron chi connectivity index (χ2n) is 6.27. The van der Waals surface area contributed by atoms with Crippen molar-refractivity contribution in [2.45, 2.75) is 20.4 Å². The van der Waals surface area contributed by atoms with E-state index in [4.69, 9.17) is 23.2 Å². The molecule has 0 atom stereocenters. The summed E-state index contributed by atoms with van der Waals surface area (Å²) in [5.41, 5.74) is 2.75. The Morgan fingerprint density at radius 3 is 2.50 bits per heavy atom. The van der Waals surface area contributed by atoms with Crippen LogP contribution in [0.3, 0.4) is 0 Å². The van der Waals surface area contributed by atoms with E-state index in [1.807, 2.05) is 31.2 Å². The molecule has 3 aromatic rings. The van der Waals surface area contributed by atoms with Crippen LogP contribution in [0.5, 0.6) is 0 Å². The number of nitro benzene ring substituents is 1. The van der Waals surface area contributed by atoms with Gasteiger partial charge in [-0.2, -0.15) is 5.10 Å². The highest BCUT2D eigenvalue weighted by atomic mass is 35.5. The minimum atomic E-state index is -0.615. The third-order valence-corrected chi connectivity index (χ3v) is 4.85. The largest absolute Gasteiger partial charge is 0.322 e. The lowest BCUT2D eigenvalue weighted by atomic mass is 10.1. The number of nitrogens with one attached hydrogen (secondary N) is 1. The summed E-state index contributed by atoms with van der Waals surface area (Å²) in [6.45, 7) is 4.09. The van der Waals surface area contributed by atoms with E-state index in [1.54, 1.807) is 11.6 Å². The van der Waals surface area contributed by atoms with Crippen LogP contribution in [0.1, 0.15) is 27.2 Å². The van der Waals surface area contributed by atoms with Crippen LogP contribution in [-0.2, 0) is 6.54 Å². The number of hydrogen-bond acceptors (Lipinski definition) is 4. The van der Waals surface area contributed by atoms with Gasteiger partial charge in [-0.1, -0.05) is 53.0 Å². The van der Waals surface area contributed by atoms with Gasteiger partial charge in [-0.3, -0.25) is 14.9 Å². The van der Waals surface area contributed by atoms with Gasteiger partial charge in [-0.05, 0) is 31.5 Å². The summed E-state index contributed by atoms with van der Waals surface area (Å²) in [6.07, 6.45) is 0. The van der Waals surface area contributed by atoms with Gasteiger partial charge in [-0.15, -0.1) is 0 Å². The van der Waals surface area contributed by atoms with E-state index in [0.717, 1.165) is 11.1 Å². The van der Waals surface area contributed by atoms with E-state index in [0.29, 0.717) is 12.2 Å². The van der Waals surface area contributed by atoms with Crippen LogP contribution in [0.25, 0.3) is 0 Å². The smallest absolute Gasteiger partial charge is 0.289 e. The number of hydrogen-bond donors (Lipinski definition) is 1. The molecule has 0 fully saturated rings. The van der Waals surface area contributed by atoms with Gasteiger partial charge in [0.25, 0.3) is 11.6 Å². The topological polar surface area (TPSA) is 90.1 Å². The van der Waals surface area contributed by atoms with E-state index in [2.05, 4.69) is 10.4 Å². The van der Waals surface area contributed by atoms with Gasteiger partial charge in [0.15, 0.2) is 0 Å². The van der Waals surface area contributed by atoms with Gasteiger partial charge < -0.3 is 5.32 Å². The predicted molar refractivity (Wildman–Crippen MR) is 108 cm³/mol. The van der Waals surface area contributed by atoms with Crippen LogP contribution >= 0.6 is 23.2 Å². The van der Waals surface area contributed by atoms with Crippen molar-refractivity contribution >= 4 is 40.5 Å². The fraction of sp³-hybridized carbons (Fsp3) is 0.158. The normalized spacial score (nSPS) is 10.7. The molecule has 144 valence electrons. The first-order valence-electron chi connectivity index (χ1n) is 8.30. The van der Waals surface area contributed by atoms with Crippen LogP contribution in [0.2, 0.25) is 10.2 Å². The Kier molecular flexibility index (Phi) is 5.67. The third-order valence-electron chi connectivity index (χ3n) is 4.15. The monoisotopic (exact) mass is 418 g/mol. The molecule has 0 aliphatic heterocycles. The van der Waals surface area contributed by atoms with Gasteiger partial charge in [0.1, 0.15) is 10.2 Å². The number of anilines is 1. The van der Waals surface area contributed by atoms with Crippen molar-refractivity contribution in [2.24, 2.45) is 0 Å². The molecule has 0 aliphatic carbocycles. The average molecular weight is 419 g/mol. The molecule has 1 N–H and O–H groups in total. The minimum absolute atomic E-state index is 0.0110. The van der Waals surface area contributed by atoms with Crippen LogP contribution in [0.4, 0.5) is 11.4 Å². The quantitative estimate of drug-likeness (QED) is 0.465. The molecule has 1 amide bonds. The number of rotatable bonds is 5. The number of benzene rings is 2. The van der Waals surface area contributed by atoms with Crippen LogP contribution in [-0.4, -0.2) is 20.6 Å². The standard InChI is InChI=1S/C19H16Cl2N4O3/c1-11-3-5-13(6-4-11)10-24-18(21)17(12(2)23-24)19(26)22-14-7-8-15(20)16(9-14)25(27)28/h3-9H,10H2,1-2H3,(H,22,26). The maximum Gasteiger partial charge on any atom is 0.289 e. The number of nitrogens with zero attached hydrogens (tertiary/aromatic N) is 3. The van der Waals surface area contributed by atoms with E-state index in [1.165, 1.54) is 18.2 Å². The van der Waals surface area contributed by atoms with E-state index >= 15 is 0 Å². The molecule has 2 aromatic carbocycles. The molecule has 28 heavy (non-hydrogen) atoms. The van der Waals surface area contributed by atoms with Crippen molar-refractivity contribution in [3.05, 3.63) is 85.1 Å². The van der Waals surface area contributed by atoms with Crippen molar-refractivity contribution in [3.63, 3.8) is 0 Å². The predicted octanol–water partition coefficient (Wildman–Crippen LogP) is 5.02. The van der Waals surface area contributed by atoms with Gasteiger partial charge in [0, 0.05) is 11.8 Å². The number of halogens is 2. The third kappa shape index (κ3) is 4.16. The Bertz CT molecular complexity index is 1060. The second kappa shape index (κ2) is 8.00. The Hall–Kier alpha value is -2.90. The maximum absolute atomic E-state index is 12.7. The number of nitro groups is 1. The summed E-state index contributed by atoms with van der Waals surface area (Å²) in [6, 6.07) is 11.9. The van der Waals surface area contributed by atoms with Crippen molar-refractivity contribution < 1.29 is 9.72 Å². The molecular formula is C19H16Cl2N4O3. The molecule has 0 bridgehead atoms. The van der Waals surface area contributed by atoms with Crippen LogP contribution < -0.4 is 5.32 Å². The van der Waals surface area contributed by atoms with Gasteiger partial charge >= 0.3 is 0 Å². The molecule has 9 heteroatoms. The first-order chi connectivity index (χ1) is 13.3. The maximum atomic E-state index is 12.7. The fourth-order valence-corrected chi connectivity index (χ4v) is 3.21. The fourth-order valence-electron chi connectivity index (χ4n) is 2.71. The molecule has 0 radical (unpaired) electrons. The summed E-state index contributed by atoms with van der Waals surface area (Å²) in [4.78, 5) is 23.1. The van der Waals surface area contributed by atoms with Crippen molar-refractivity contribution in [1.29, 1.82) is 0 Å². The summed E-state index contributed by atoms with van der Waals surface area (Å²) in [7, 11) is 0. The highest BCUT2D eigenvalue weighted by molar-refractivity contribution is 6.34. The summed E-state index contributed by atoms with van der Waals surface area (Å²) in [5, 5.41) is 18.1. The number of amides is 1. The van der Waals surface area contributed by atoms with Crippen molar-refractivity contribution in [1.82, 2.24) is 9.78 Å². The zero-order valence-corrected chi connectivity index (χ0v) is 16.6. The SMILES string of the molecule is Cc1ccc(Cn2nc(C)c(C(=O)Nc3ccc(Cl)c([N+](=O)[O-])c3)c2Cl)cc1. The lowest BCUT2D eigenvalue weighted by molar-refractivity contribution is -0.384. The van der Waals surface area contributed by atoms with E-state index in [9.17, 15) is 14.9 Å². The molecule has 0 unspecified atom stereocenters. The molecule has 0 saturated carbocycles. The van der Waals surface area contributed by atoms with Crippen molar-refractivity contribution in [2.75, 3.05) is 5.32 Å². The zero-order chi connectivity index (χ0) is 20.4. The average Bonchev–Trinajstić information content (AvgIpc) is 2.92. The Balaban J connectivity index is 1.84. The number of aromatic nitrogens is 2. The number of aryl methyl sites for hydroxylation is 2. The van der Waals surface area contributed by atoms with Crippen LogP contribution in [0.15, 0.2) is 42.5 Å². The van der Waals surface area contributed by atoms with E-state index < -0.39 is 10.8 Å². The zero-order valence-electron chi connectivity index (χ0n) is 15.1. The van der Waals surface area contributed by atoms with Gasteiger partial charge in [0.05, 0.1) is 22.7 Å². The van der Waals surface area contributed by atoms with E-state index in [-0.39, 0.29) is 27.1 Å². The first kappa shape index (κ1) is 19.9. The number of carbonyl (C=O) groups is 1. The van der Waals surface area contributed by atoms with Gasteiger partial charge in [0.2, 0.25) is 0 Å². The highest BCUT2D eigenvalue weighted by Gasteiger charge is 2.22. The Morgan fingerprint density at radius 1 is 1.18 bits per heavy atom. The summed E-state index contributed by atoms with van der Waals surface area (Å²) < 4.78 is 1.54.